The van der Waals surface area contributed by atoms with E-state index in [0.29, 0.717) is 5.57 Å². The summed E-state index contributed by atoms with van der Waals surface area (Å²) in [5.74, 6) is 0.0897. The van der Waals surface area contributed by atoms with Crippen LogP contribution in [0, 0.1) is 0 Å². The first-order chi connectivity index (χ1) is 10.4. The van der Waals surface area contributed by atoms with Crippen LogP contribution >= 0.6 is 11.6 Å². The summed E-state index contributed by atoms with van der Waals surface area (Å²) in [7, 11) is 3.80. The molecular formula is C14H12BClF2N3O. The highest BCUT2D eigenvalue weighted by atomic mass is 35.5. The van der Waals surface area contributed by atoms with E-state index < -0.39 is 12.5 Å². The van der Waals surface area contributed by atoms with Gasteiger partial charge in [-0.25, -0.2) is 4.58 Å². The highest BCUT2D eigenvalue weighted by Crippen LogP contribution is 2.33. The monoisotopic (exact) mass is 322 g/mol. The molecule has 2 heterocycles. The lowest BCUT2D eigenvalue weighted by Gasteiger charge is -2.35. The molecule has 0 amide bonds. The summed E-state index contributed by atoms with van der Waals surface area (Å²) in [6.07, 6.45) is 9.98. The Bertz CT molecular complexity index is 738. The van der Waals surface area contributed by atoms with Gasteiger partial charge in [-0.05, 0) is 29.9 Å². The van der Waals surface area contributed by atoms with Gasteiger partial charge in [-0.15, -0.1) is 5.43 Å². The lowest BCUT2D eigenvalue weighted by molar-refractivity contribution is -0.462. The van der Waals surface area contributed by atoms with Crippen molar-refractivity contribution in [3.05, 3.63) is 58.5 Å². The first-order valence-corrected chi connectivity index (χ1v) is 6.97. The minimum Gasteiger partial charge on any atom is -0.659 e. The van der Waals surface area contributed by atoms with E-state index in [-0.39, 0.29) is 16.5 Å². The summed E-state index contributed by atoms with van der Waals surface area (Å²) in [6, 6.07) is 0. The smallest absolute Gasteiger partial charge is 0.554 e. The van der Waals surface area contributed by atoms with Crippen LogP contribution < -0.4 is 5.43 Å². The van der Waals surface area contributed by atoms with E-state index in [1.807, 2.05) is 30.8 Å². The average Bonchev–Trinajstić information content (AvgIpc) is 2.46. The van der Waals surface area contributed by atoms with E-state index in [4.69, 9.17) is 16.3 Å². The van der Waals surface area contributed by atoms with E-state index >= 15 is 0 Å². The normalized spacial score (nSPS) is 22.2. The molecule has 0 aromatic carbocycles. The Labute approximate surface area is 131 Å². The molecule has 1 radical (unpaired) electrons. The van der Waals surface area contributed by atoms with Gasteiger partial charge in [0, 0.05) is 23.3 Å². The Kier molecular flexibility index (Phi) is 3.52. The van der Waals surface area contributed by atoms with Gasteiger partial charge >= 0.3 is 6.90 Å². The fourth-order valence-corrected chi connectivity index (χ4v) is 2.39. The first kappa shape index (κ1) is 14.8. The van der Waals surface area contributed by atoms with Crippen LogP contribution in [-0.2, 0) is 4.65 Å². The predicted octanol–water partition coefficient (Wildman–Crippen LogP) is 2.51. The van der Waals surface area contributed by atoms with Crippen molar-refractivity contribution in [3.63, 3.8) is 0 Å². The van der Waals surface area contributed by atoms with E-state index in [9.17, 15) is 8.63 Å². The largest absolute Gasteiger partial charge is 0.659 e. The van der Waals surface area contributed by atoms with Gasteiger partial charge in [0.15, 0.2) is 10.9 Å². The second kappa shape index (κ2) is 5.24. The first-order valence-electron chi connectivity index (χ1n) is 6.60. The molecule has 3 aliphatic rings. The minimum absolute atomic E-state index is 0.0609. The molecule has 0 N–H and O–H groups in total. The number of fused-ring (bicyclic) bond motifs is 1. The van der Waals surface area contributed by atoms with Crippen LogP contribution in [0.1, 0.15) is 0 Å². The maximum absolute atomic E-state index is 14.1. The molecule has 113 valence electrons. The number of allylic oxidation sites excluding steroid dienone is 8. The Morgan fingerprint density at radius 1 is 1.14 bits per heavy atom. The molecule has 0 unspecified atom stereocenters. The number of nitrogens with zero attached hydrogens (tertiary/aromatic N) is 3. The van der Waals surface area contributed by atoms with Crippen molar-refractivity contribution in [2.24, 2.45) is 5.10 Å². The summed E-state index contributed by atoms with van der Waals surface area (Å²) >= 11 is 5.73. The van der Waals surface area contributed by atoms with Crippen molar-refractivity contribution in [3.8, 4) is 0 Å². The molecule has 0 aromatic rings. The third kappa shape index (κ3) is 2.64. The van der Waals surface area contributed by atoms with E-state index in [0.717, 1.165) is 5.71 Å². The molecule has 8 heteroatoms. The van der Waals surface area contributed by atoms with Crippen LogP contribution in [0.3, 0.4) is 0 Å². The van der Waals surface area contributed by atoms with E-state index in [1.165, 1.54) is 12.2 Å². The number of hydrogen-bond donors (Lipinski definition) is 0. The van der Waals surface area contributed by atoms with Crippen LogP contribution in [0.5, 0.6) is 0 Å². The molecule has 0 atom stereocenters. The van der Waals surface area contributed by atoms with Gasteiger partial charge in [0.25, 0.3) is 0 Å². The fourth-order valence-electron chi connectivity index (χ4n) is 2.23. The lowest BCUT2D eigenvalue weighted by Crippen LogP contribution is -2.43. The Morgan fingerprint density at radius 2 is 1.82 bits per heavy atom. The van der Waals surface area contributed by atoms with Crippen LogP contribution in [0.4, 0.5) is 8.63 Å². The standard InChI is InChI=1S/C14H12BClF2N3O/c1-21(2)11-5-3-9(4-6-11)12-7-10-8-13(16)19-20-14(10)15(17,18)22-12/h3-8H,1-2H3. The zero-order valence-electron chi connectivity index (χ0n) is 11.9. The van der Waals surface area contributed by atoms with Crippen molar-refractivity contribution < 1.29 is 17.9 Å². The van der Waals surface area contributed by atoms with Crippen LogP contribution in [0.15, 0.2) is 63.6 Å². The predicted molar refractivity (Wildman–Crippen MR) is 83.1 cm³/mol. The maximum atomic E-state index is 14.1. The molecular weight excluding hydrogens is 310 g/mol. The van der Waals surface area contributed by atoms with Crippen molar-refractivity contribution in [2.75, 3.05) is 14.1 Å². The van der Waals surface area contributed by atoms with Gasteiger partial charge in [0.2, 0.25) is 0 Å². The molecule has 3 rings (SSSR count). The second-order valence-corrected chi connectivity index (χ2v) is 5.56. The highest BCUT2D eigenvalue weighted by molar-refractivity contribution is 6.96. The van der Waals surface area contributed by atoms with Crippen molar-refractivity contribution in [2.45, 2.75) is 0 Å². The third-order valence-electron chi connectivity index (χ3n) is 3.37. The molecule has 0 saturated carbocycles. The fraction of sp³-hybridized carbons (Fsp3) is 0.143. The molecule has 2 aliphatic heterocycles. The lowest BCUT2D eigenvalue weighted by atomic mass is 9.72. The van der Waals surface area contributed by atoms with Crippen LogP contribution in [0.2, 0.25) is 0 Å². The van der Waals surface area contributed by atoms with E-state index in [2.05, 4.69) is 10.5 Å². The Balaban J connectivity index is 2.05. The highest BCUT2D eigenvalue weighted by Gasteiger charge is 2.41. The average molecular weight is 323 g/mol. The minimum atomic E-state index is -4.26. The molecule has 0 aromatic heterocycles. The van der Waals surface area contributed by atoms with Gasteiger partial charge in [-0.2, -0.15) is 5.10 Å². The molecule has 1 aliphatic carbocycles. The van der Waals surface area contributed by atoms with Crippen molar-refractivity contribution in [1.29, 1.82) is 0 Å². The molecule has 22 heavy (non-hydrogen) atoms. The number of rotatable bonds is 0. The molecule has 0 spiro atoms. The van der Waals surface area contributed by atoms with Crippen LogP contribution in [0.25, 0.3) is 0 Å². The molecule has 4 nitrogen and oxygen atoms in total. The topological polar surface area (TPSA) is 38.7 Å². The zero-order valence-corrected chi connectivity index (χ0v) is 12.7. The summed E-state index contributed by atoms with van der Waals surface area (Å²) in [5.41, 5.74) is 4.73. The molecule has 0 fully saturated rings. The SMILES string of the molecule is C[N+](C)=C1C=CC(=C2C=C3C=C(Cl)[N]N=C3[B-](F)(F)O2)C=C1. The quantitative estimate of drug-likeness (QED) is 0.384. The third-order valence-corrected chi connectivity index (χ3v) is 3.56. The van der Waals surface area contributed by atoms with Gasteiger partial charge in [-0.3, -0.25) is 0 Å². The van der Waals surface area contributed by atoms with Gasteiger partial charge in [0.05, 0.1) is 5.76 Å². The van der Waals surface area contributed by atoms with Gasteiger partial charge in [-0.1, -0.05) is 11.6 Å². The summed E-state index contributed by atoms with van der Waals surface area (Å²) in [5, 5.41) is 3.52. The van der Waals surface area contributed by atoms with Gasteiger partial charge in [0.1, 0.15) is 14.1 Å². The Hall–Kier alpha value is -2.15. The van der Waals surface area contributed by atoms with E-state index in [1.54, 1.807) is 12.2 Å². The summed E-state index contributed by atoms with van der Waals surface area (Å²) in [4.78, 5) is 0. The number of hydrogen-bond acceptors (Lipinski definition) is 2. The summed E-state index contributed by atoms with van der Waals surface area (Å²) < 4.78 is 35.0. The Morgan fingerprint density at radius 3 is 2.45 bits per heavy atom. The zero-order chi connectivity index (χ0) is 15.9. The van der Waals surface area contributed by atoms with Gasteiger partial charge < -0.3 is 13.3 Å². The maximum Gasteiger partial charge on any atom is 0.554 e. The molecule has 0 saturated heterocycles. The van der Waals surface area contributed by atoms with Crippen LogP contribution in [-0.4, -0.2) is 36.9 Å². The summed E-state index contributed by atoms with van der Waals surface area (Å²) in [6.45, 7) is -4.26. The van der Waals surface area contributed by atoms with Crippen molar-refractivity contribution >= 4 is 29.8 Å². The second-order valence-electron chi connectivity index (χ2n) is 5.17. The molecule has 0 bridgehead atoms. The van der Waals surface area contributed by atoms with Crippen molar-refractivity contribution in [1.82, 2.24) is 5.43 Å². The number of halogens is 3.